The van der Waals surface area contributed by atoms with E-state index in [1.165, 1.54) is 25.7 Å². The van der Waals surface area contributed by atoms with Crippen LogP contribution in [0.2, 0.25) is 0 Å². The Morgan fingerprint density at radius 2 is 2.00 bits per heavy atom. The number of carboxylic acids is 1. The number of aliphatic carboxylic acids is 1. The first-order chi connectivity index (χ1) is 8.13. The first-order valence-corrected chi connectivity index (χ1v) is 6.38. The molecule has 0 radical (unpaired) electrons. The molecule has 17 heavy (non-hydrogen) atoms. The number of hydrogen-bond acceptors (Lipinski definition) is 2. The molecule has 0 unspecified atom stereocenters. The monoisotopic (exact) mass is 242 g/mol. The Hall–Kier alpha value is -1.26. The van der Waals surface area contributed by atoms with Gasteiger partial charge in [-0.3, -0.25) is 4.79 Å². The van der Waals surface area contributed by atoms with Crippen molar-refractivity contribution in [1.29, 1.82) is 0 Å². The first-order valence-electron chi connectivity index (χ1n) is 6.38. The molecule has 1 fully saturated rings. The van der Waals surface area contributed by atoms with Crippen LogP contribution >= 0.6 is 0 Å². The molecule has 98 valence electrons. The highest BCUT2D eigenvalue weighted by atomic mass is 16.4. The second-order valence-electron chi connectivity index (χ2n) is 4.56. The van der Waals surface area contributed by atoms with Gasteiger partial charge in [0.25, 0.3) is 0 Å². The number of amides is 2. The summed E-state index contributed by atoms with van der Waals surface area (Å²) in [7, 11) is 0. The van der Waals surface area contributed by atoms with Crippen LogP contribution in [0.25, 0.3) is 0 Å². The SMILES string of the molecule is CCN(CCC(=O)O)C(=O)NCC1CCCC1. The lowest BCUT2D eigenvalue weighted by molar-refractivity contribution is -0.137. The van der Waals surface area contributed by atoms with Gasteiger partial charge in [0.05, 0.1) is 6.42 Å². The number of carbonyl (C=O) groups excluding carboxylic acids is 1. The Balaban J connectivity index is 2.24. The molecule has 1 rings (SSSR count). The molecule has 1 aliphatic carbocycles. The summed E-state index contributed by atoms with van der Waals surface area (Å²) < 4.78 is 0. The normalized spacial score (nSPS) is 15.8. The van der Waals surface area contributed by atoms with Crippen molar-refractivity contribution in [3.63, 3.8) is 0 Å². The van der Waals surface area contributed by atoms with Crippen molar-refractivity contribution in [2.45, 2.75) is 39.0 Å². The highest BCUT2D eigenvalue weighted by Crippen LogP contribution is 2.23. The topological polar surface area (TPSA) is 69.6 Å². The lowest BCUT2D eigenvalue weighted by Gasteiger charge is -2.21. The van der Waals surface area contributed by atoms with Gasteiger partial charge in [0.1, 0.15) is 0 Å². The average Bonchev–Trinajstić information content (AvgIpc) is 2.79. The Kier molecular flexibility index (Phi) is 5.80. The number of nitrogens with one attached hydrogen (secondary N) is 1. The van der Waals surface area contributed by atoms with Crippen LogP contribution in [0.5, 0.6) is 0 Å². The van der Waals surface area contributed by atoms with Crippen molar-refractivity contribution in [1.82, 2.24) is 10.2 Å². The number of urea groups is 1. The van der Waals surface area contributed by atoms with Crippen LogP contribution in [0.3, 0.4) is 0 Å². The molecule has 0 bridgehead atoms. The molecule has 5 nitrogen and oxygen atoms in total. The fourth-order valence-corrected chi connectivity index (χ4v) is 2.19. The zero-order valence-electron chi connectivity index (χ0n) is 10.4. The zero-order valence-corrected chi connectivity index (χ0v) is 10.4. The van der Waals surface area contributed by atoms with Gasteiger partial charge in [-0.25, -0.2) is 4.79 Å². The second kappa shape index (κ2) is 7.14. The second-order valence-corrected chi connectivity index (χ2v) is 4.56. The number of hydrogen-bond donors (Lipinski definition) is 2. The van der Waals surface area contributed by atoms with E-state index in [0.29, 0.717) is 12.5 Å². The molecule has 1 saturated carbocycles. The van der Waals surface area contributed by atoms with Crippen molar-refractivity contribution >= 4 is 12.0 Å². The molecule has 5 heteroatoms. The highest BCUT2D eigenvalue weighted by Gasteiger charge is 2.18. The Labute approximate surface area is 102 Å². The predicted octanol–water partition coefficient (Wildman–Crippen LogP) is 1.68. The Morgan fingerprint density at radius 1 is 1.35 bits per heavy atom. The molecule has 0 spiro atoms. The van der Waals surface area contributed by atoms with Crippen LogP contribution in [0, 0.1) is 5.92 Å². The minimum absolute atomic E-state index is 0.00465. The third kappa shape index (κ3) is 5.06. The summed E-state index contributed by atoms with van der Waals surface area (Å²) in [6.45, 7) is 3.41. The van der Waals surface area contributed by atoms with E-state index < -0.39 is 5.97 Å². The van der Waals surface area contributed by atoms with Crippen molar-refractivity contribution in [3.8, 4) is 0 Å². The van der Waals surface area contributed by atoms with E-state index in [4.69, 9.17) is 5.11 Å². The van der Waals surface area contributed by atoms with Crippen molar-refractivity contribution in [3.05, 3.63) is 0 Å². The summed E-state index contributed by atoms with van der Waals surface area (Å²) in [4.78, 5) is 23.8. The summed E-state index contributed by atoms with van der Waals surface area (Å²) in [6.07, 6.45) is 4.92. The van der Waals surface area contributed by atoms with Crippen LogP contribution < -0.4 is 5.32 Å². The molecule has 0 heterocycles. The molecule has 2 N–H and O–H groups in total. The molecule has 0 aromatic heterocycles. The molecule has 0 aliphatic heterocycles. The maximum Gasteiger partial charge on any atom is 0.317 e. The number of nitrogens with zero attached hydrogens (tertiary/aromatic N) is 1. The van der Waals surface area contributed by atoms with Gasteiger partial charge in [-0.2, -0.15) is 0 Å². The number of carboxylic acid groups (broad SMARTS) is 1. The van der Waals surface area contributed by atoms with Gasteiger partial charge in [-0.15, -0.1) is 0 Å². The standard InChI is InChI=1S/C12H22N2O3/c1-2-14(8-7-11(15)16)12(17)13-9-10-5-3-4-6-10/h10H,2-9H2,1H3,(H,13,17)(H,15,16). The quantitative estimate of drug-likeness (QED) is 0.744. The molecule has 2 amide bonds. The molecule has 0 aromatic rings. The van der Waals surface area contributed by atoms with Gasteiger partial charge < -0.3 is 15.3 Å². The van der Waals surface area contributed by atoms with Gasteiger partial charge in [0, 0.05) is 19.6 Å². The molecule has 1 aliphatic rings. The van der Waals surface area contributed by atoms with E-state index in [0.717, 1.165) is 6.54 Å². The van der Waals surface area contributed by atoms with Gasteiger partial charge in [0.15, 0.2) is 0 Å². The third-order valence-corrected chi connectivity index (χ3v) is 3.28. The lowest BCUT2D eigenvalue weighted by atomic mass is 10.1. The number of rotatable bonds is 6. The zero-order chi connectivity index (χ0) is 12.7. The van der Waals surface area contributed by atoms with E-state index in [1.54, 1.807) is 4.90 Å². The summed E-state index contributed by atoms with van der Waals surface area (Å²) in [5.74, 6) is -0.260. The van der Waals surface area contributed by atoms with Crippen molar-refractivity contribution in [2.75, 3.05) is 19.6 Å². The minimum atomic E-state index is -0.868. The molecule has 0 aromatic carbocycles. The fourth-order valence-electron chi connectivity index (χ4n) is 2.19. The maximum absolute atomic E-state index is 11.8. The van der Waals surface area contributed by atoms with Gasteiger partial charge >= 0.3 is 12.0 Å². The Morgan fingerprint density at radius 3 is 2.53 bits per heavy atom. The van der Waals surface area contributed by atoms with E-state index in [9.17, 15) is 9.59 Å². The molecule has 0 saturated heterocycles. The lowest BCUT2D eigenvalue weighted by Crippen LogP contribution is -2.42. The Bertz CT molecular complexity index is 262. The third-order valence-electron chi connectivity index (χ3n) is 3.28. The molecule has 0 atom stereocenters. The smallest absolute Gasteiger partial charge is 0.317 e. The van der Waals surface area contributed by atoms with E-state index in [1.807, 2.05) is 6.92 Å². The van der Waals surface area contributed by atoms with Crippen LogP contribution in [0.4, 0.5) is 4.79 Å². The van der Waals surface area contributed by atoms with E-state index in [2.05, 4.69) is 5.32 Å². The minimum Gasteiger partial charge on any atom is -0.481 e. The largest absolute Gasteiger partial charge is 0.481 e. The summed E-state index contributed by atoms with van der Waals surface area (Å²) in [5, 5.41) is 11.5. The van der Waals surface area contributed by atoms with E-state index in [-0.39, 0.29) is 19.0 Å². The van der Waals surface area contributed by atoms with Gasteiger partial charge in [-0.05, 0) is 25.7 Å². The van der Waals surface area contributed by atoms with Crippen LogP contribution in [0.15, 0.2) is 0 Å². The van der Waals surface area contributed by atoms with Crippen LogP contribution in [-0.2, 0) is 4.79 Å². The van der Waals surface area contributed by atoms with E-state index >= 15 is 0 Å². The highest BCUT2D eigenvalue weighted by molar-refractivity contribution is 5.75. The van der Waals surface area contributed by atoms with Crippen LogP contribution in [-0.4, -0.2) is 41.6 Å². The summed E-state index contributed by atoms with van der Waals surface area (Å²) >= 11 is 0. The molecular weight excluding hydrogens is 220 g/mol. The summed E-state index contributed by atoms with van der Waals surface area (Å²) in [5.41, 5.74) is 0. The van der Waals surface area contributed by atoms with Gasteiger partial charge in [0.2, 0.25) is 0 Å². The maximum atomic E-state index is 11.8. The predicted molar refractivity (Wildman–Crippen MR) is 64.9 cm³/mol. The van der Waals surface area contributed by atoms with Gasteiger partial charge in [-0.1, -0.05) is 12.8 Å². The average molecular weight is 242 g/mol. The van der Waals surface area contributed by atoms with Crippen LogP contribution in [0.1, 0.15) is 39.0 Å². The fraction of sp³-hybridized carbons (Fsp3) is 0.833. The number of carbonyl (C=O) groups is 2. The van der Waals surface area contributed by atoms with Crippen molar-refractivity contribution in [2.24, 2.45) is 5.92 Å². The first kappa shape index (κ1) is 13.8. The molecular formula is C12H22N2O3. The summed E-state index contributed by atoms with van der Waals surface area (Å²) in [6, 6.07) is -0.138. The van der Waals surface area contributed by atoms with Crippen molar-refractivity contribution < 1.29 is 14.7 Å².